The van der Waals surface area contributed by atoms with Crippen molar-refractivity contribution in [3.63, 3.8) is 0 Å². The first-order valence-corrected chi connectivity index (χ1v) is 8.03. The lowest BCUT2D eigenvalue weighted by molar-refractivity contribution is -0.136. The maximum absolute atomic E-state index is 12.1. The molecule has 0 atom stereocenters. The van der Waals surface area contributed by atoms with Gasteiger partial charge in [-0.15, -0.1) is 0 Å². The summed E-state index contributed by atoms with van der Waals surface area (Å²) in [5.74, 6) is 0.260. The minimum Gasteiger partial charge on any atom is -0.340 e. The van der Waals surface area contributed by atoms with Crippen LogP contribution >= 0.6 is 0 Å². The number of carbonyl (C=O) groups excluding carboxylic acids is 1. The Hall–Kier alpha value is -2.21. The minimum absolute atomic E-state index is 0.0451. The zero-order chi connectivity index (χ0) is 16.4. The van der Waals surface area contributed by atoms with E-state index in [1.807, 2.05) is 36.9 Å². The zero-order valence-corrected chi connectivity index (χ0v) is 13.6. The van der Waals surface area contributed by atoms with E-state index in [1.165, 1.54) is 0 Å². The molecule has 6 nitrogen and oxygen atoms in total. The van der Waals surface area contributed by atoms with Crippen LogP contribution in [0.4, 0.5) is 0 Å². The largest absolute Gasteiger partial charge is 0.340 e. The van der Waals surface area contributed by atoms with E-state index in [-0.39, 0.29) is 17.4 Å². The lowest BCUT2D eigenvalue weighted by atomic mass is 10.1. The monoisotopic (exact) mass is 314 g/mol. The molecule has 0 N–H and O–H groups in total. The Bertz CT molecular complexity index is 761. The van der Waals surface area contributed by atoms with Gasteiger partial charge >= 0.3 is 0 Å². The molecule has 0 radical (unpaired) electrons. The topological polar surface area (TPSA) is 57.9 Å². The lowest BCUT2D eigenvalue weighted by Crippen LogP contribution is -2.49. The third-order valence-corrected chi connectivity index (χ3v) is 4.19. The number of nitrogens with zero attached hydrogens (tertiary/aromatic N) is 4. The van der Waals surface area contributed by atoms with Crippen LogP contribution in [0.3, 0.4) is 0 Å². The molecule has 6 heteroatoms. The molecular formula is C17H22N4O2. The van der Waals surface area contributed by atoms with Crippen molar-refractivity contribution in [2.45, 2.75) is 20.4 Å². The number of hydrogen-bond acceptors (Lipinski definition) is 4. The van der Waals surface area contributed by atoms with Gasteiger partial charge in [0.05, 0.1) is 5.69 Å². The van der Waals surface area contributed by atoms with Gasteiger partial charge in [0.25, 0.3) is 5.56 Å². The molecule has 0 unspecified atom stereocenters. The number of aromatic nitrogens is 2. The first kappa shape index (κ1) is 15.7. The van der Waals surface area contributed by atoms with E-state index in [1.54, 1.807) is 16.7 Å². The number of piperazine rings is 1. The van der Waals surface area contributed by atoms with Crippen LogP contribution in [-0.4, -0.2) is 51.3 Å². The van der Waals surface area contributed by atoms with E-state index >= 15 is 0 Å². The van der Waals surface area contributed by atoms with Crippen LogP contribution in [-0.2, 0) is 11.3 Å². The first-order chi connectivity index (χ1) is 11.0. The molecular weight excluding hydrogens is 292 g/mol. The van der Waals surface area contributed by atoms with Gasteiger partial charge < -0.3 is 4.90 Å². The third-order valence-electron chi connectivity index (χ3n) is 4.19. The Morgan fingerprint density at radius 3 is 2.65 bits per heavy atom. The van der Waals surface area contributed by atoms with Crippen LogP contribution in [0.1, 0.15) is 19.5 Å². The molecule has 0 aliphatic carbocycles. The van der Waals surface area contributed by atoms with Crippen molar-refractivity contribution >= 4 is 11.6 Å². The van der Waals surface area contributed by atoms with Crippen LogP contribution in [0.25, 0.3) is 5.65 Å². The quantitative estimate of drug-likeness (QED) is 0.848. The van der Waals surface area contributed by atoms with Crippen LogP contribution in [0, 0.1) is 5.92 Å². The van der Waals surface area contributed by atoms with Crippen molar-refractivity contribution in [2.75, 3.05) is 26.2 Å². The molecule has 0 aromatic carbocycles. The maximum Gasteiger partial charge on any atom is 0.258 e. The summed E-state index contributed by atoms with van der Waals surface area (Å²) in [6.07, 6.45) is 1.73. The van der Waals surface area contributed by atoms with Crippen molar-refractivity contribution in [3.8, 4) is 0 Å². The molecule has 0 saturated carbocycles. The smallest absolute Gasteiger partial charge is 0.258 e. The molecule has 1 aliphatic rings. The lowest BCUT2D eigenvalue weighted by Gasteiger charge is -2.35. The predicted molar refractivity (Wildman–Crippen MR) is 88.2 cm³/mol. The van der Waals surface area contributed by atoms with Gasteiger partial charge in [-0.1, -0.05) is 19.9 Å². The number of pyridine rings is 1. The highest BCUT2D eigenvalue weighted by Crippen LogP contribution is 2.10. The highest BCUT2D eigenvalue weighted by atomic mass is 16.2. The van der Waals surface area contributed by atoms with Gasteiger partial charge in [-0.3, -0.25) is 18.9 Å². The number of carbonyl (C=O) groups is 1. The fraction of sp³-hybridized carbons (Fsp3) is 0.471. The van der Waals surface area contributed by atoms with Crippen LogP contribution in [0.2, 0.25) is 0 Å². The molecule has 1 fully saturated rings. The molecule has 3 rings (SSSR count). The van der Waals surface area contributed by atoms with Gasteiger partial charge in [0, 0.05) is 50.9 Å². The SMILES string of the molecule is CC(C)C(=O)N1CCN(Cc2cc(=O)n3ccccc3n2)CC1. The maximum atomic E-state index is 12.1. The summed E-state index contributed by atoms with van der Waals surface area (Å²) < 4.78 is 1.54. The fourth-order valence-electron chi connectivity index (χ4n) is 2.90. The van der Waals surface area contributed by atoms with Gasteiger partial charge in [0.15, 0.2) is 0 Å². The van der Waals surface area contributed by atoms with Crippen molar-refractivity contribution in [3.05, 3.63) is 46.5 Å². The standard InChI is InChI=1S/C17H22N4O2/c1-13(2)17(23)20-9-7-19(8-10-20)12-14-11-16(22)21-6-4-3-5-15(21)18-14/h3-6,11,13H,7-10,12H2,1-2H3. The Labute approximate surface area is 135 Å². The van der Waals surface area contributed by atoms with Crippen LogP contribution in [0.15, 0.2) is 35.3 Å². The van der Waals surface area contributed by atoms with E-state index in [0.29, 0.717) is 12.2 Å². The fourth-order valence-corrected chi connectivity index (χ4v) is 2.90. The first-order valence-electron chi connectivity index (χ1n) is 8.03. The highest BCUT2D eigenvalue weighted by Gasteiger charge is 2.23. The Morgan fingerprint density at radius 2 is 1.96 bits per heavy atom. The number of hydrogen-bond donors (Lipinski definition) is 0. The third kappa shape index (κ3) is 3.42. The summed E-state index contributed by atoms with van der Waals surface area (Å²) in [5.41, 5.74) is 1.40. The van der Waals surface area contributed by atoms with E-state index in [0.717, 1.165) is 31.9 Å². The summed E-state index contributed by atoms with van der Waals surface area (Å²) in [4.78, 5) is 32.8. The van der Waals surface area contributed by atoms with Crippen molar-refractivity contribution in [1.29, 1.82) is 0 Å². The highest BCUT2D eigenvalue weighted by molar-refractivity contribution is 5.78. The van der Waals surface area contributed by atoms with E-state index in [2.05, 4.69) is 9.88 Å². The summed E-state index contributed by atoms with van der Waals surface area (Å²) in [6.45, 7) is 7.61. The molecule has 2 aromatic rings. The summed E-state index contributed by atoms with van der Waals surface area (Å²) in [5, 5.41) is 0. The molecule has 1 amide bonds. The van der Waals surface area contributed by atoms with Crippen molar-refractivity contribution in [2.24, 2.45) is 5.92 Å². The minimum atomic E-state index is -0.0563. The second-order valence-electron chi connectivity index (χ2n) is 6.27. The average Bonchev–Trinajstić information content (AvgIpc) is 2.55. The molecule has 3 heterocycles. The molecule has 1 aliphatic heterocycles. The second-order valence-corrected chi connectivity index (χ2v) is 6.27. The Balaban J connectivity index is 1.67. The van der Waals surface area contributed by atoms with Gasteiger partial charge in [-0.05, 0) is 12.1 Å². The normalized spacial score (nSPS) is 16.2. The number of fused-ring (bicyclic) bond motifs is 1. The van der Waals surface area contributed by atoms with E-state index in [9.17, 15) is 9.59 Å². The van der Waals surface area contributed by atoms with Crippen molar-refractivity contribution in [1.82, 2.24) is 19.2 Å². The molecule has 0 spiro atoms. The van der Waals surface area contributed by atoms with Crippen LogP contribution < -0.4 is 5.56 Å². The second kappa shape index (κ2) is 6.50. The Morgan fingerprint density at radius 1 is 1.22 bits per heavy atom. The summed E-state index contributed by atoms with van der Waals surface area (Å²) in [7, 11) is 0. The summed E-state index contributed by atoms with van der Waals surface area (Å²) >= 11 is 0. The number of rotatable bonds is 3. The predicted octanol–water partition coefficient (Wildman–Crippen LogP) is 0.995. The van der Waals surface area contributed by atoms with Crippen LogP contribution in [0.5, 0.6) is 0 Å². The molecule has 122 valence electrons. The molecule has 2 aromatic heterocycles. The van der Waals surface area contributed by atoms with Gasteiger partial charge in [-0.2, -0.15) is 0 Å². The average molecular weight is 314 g/mol. The van der Waals surface area contributed by atoms with Gasteiger partial charge in [-0.25, -0.2) is 4.98 Å². The molecule has 0 bridgehead atoms. The van der Waals surface area contributed by atoms with E-state index < -0.39 is 0 Å². The number of amides is 1. The zero-order valence-electron chi connectivity index (χ0n) is 13.6. The molecule has 1 saturated heterocycles. The Kier molecular flexibility index (Phi) is 4.43. The summed E-state index contributed by atoms with van der Waals surface area (Å²) in [6, 6.07) is 7.13. The molecule has 23 heavy (non-hydrogen) atoms. The van der Waals surface area contributed by atoms with Crippen molar-refractivity contribution < 1.29 is 4.79 Å². The van der Waals surface area contributed by atoms with Gasteiger partial charge in [0.2, 0.25) is 5.91 Å². The van der Waals surface area contributed by atoms with E-state index in [4.69, 9.17) is 0 Å². The van der Waals surface area contributed by atoms with Gasteiger partial charge in [0.1, 0.15) is 5.65 Å².